The number of piperidine rings is 1. The fourth-order valence-electron chi connectivity index (χ4n) is 2.57. The highest BCUT2D eigenvalue weighted by atomic mass is 32.1. The van der Waals surface area contributed by atoms with Crippen molar-refractivity contribution in [2.75, 3.05) is 44.0 Å². The highest BCUT2D eigenvalue weighted by Gasteiger charge is 2.28. The van der Waals surface area contributed by atoms with Crippen molar-refractivity contribution in [1.29, 1.82) is 0 Å². The predicted molar refractivity (Wildman–Crippen MR) is 83.3 cm³/mol. The molecule has 0 saturated carbocycles. The van der Waals surface area contributed by atoms with Crippen molar-refractivity contribution in [3.8, 4) is 5.75 Å². The van der Waals surface area contributed by atoms with E-state index in [1.54, 1.807) is 14.0 Å². The third kappa shape index (κ3) is 3.24. The van der Waals surface area contributed by atoms with Gasteiger partial charge in [0.15, 0.2) is 5.75 Å². The quantitative estimate of drug-likeness (QED) is 0.805. The lowest BCUT2D eigenvalue weighted by Crippen LogP contribution is -2.36. The normalized spacial score (nSPS) is 18.6. The first-order chi connectivity index (χ1) is 10.1. The summed E-state index contributed by atoms with van der Waals surface area (Å²) in [5.74, 6) is 0.361. The van der Waals surface area contributed by atoms with Gasteiger partial charge in [-0.05, 0) is 25.7 Å². The van der Waals surface area contributed by atoms with Crippen molar-refractivity contribution in [3.05, 3.63) is 4.88 Å². The van der Waals surface area contributed by atoms with Crippen LogP contribution in [-0.4, -0.2) is 44.5 Å². The molecule has 1 aliphatic rings. The molecule has 21 heavy (non-hydrogen) atoms. The number of esters is 1. The molecule has 118 valence electrons. The van der Waals surface area contributed by atoms with E-state index in [9.17, 15) is 9.90 Å². The molecule has 2 rings (SSSR count). The Morgan fingerprint density at radius 2 is 2.33 bits per heavy atom. The first kappa shape index (κ1) is 15.9. The fraction of sp³-hybridized carbons (Fsp3) is 0.643. The lowest BCUT2D eigenvalue weighted by molar-refractivity contribution is 0.0533. The van der Waals surface area contributed by atoms with Crippen molar-refractivity contribution in [2.45, 2.75) is 19.8 Å². The van der Waals surface area contributed by atoms with Gasteiger partial charge < -0.3 is 25.2 Å². The molecule has 0 aromatic carbocycles. The van der Waals surface area contributed by atoms with Gasteiger partial charge in [-0.25, -0.2) is 4.79 Å². The summed E-state index contributed by atoms with van der Waals surface area (Å²) in [5, 5.41) is 10.2. The zero-order valence-electron chi connectivity index (χ0n) is 12.4. The van der Waals surface area contributed by atoms with E-state index < -0.39 is 5.97 Å². The molecular formula is C14H22N2O4S. The zero-order valence-corrected chi connectivity index (χ0v) is 13.2. The number of hydrogen-bond acceptors (Lipinski definition) is 7. The van der Waals surface area contributed by atoms with Crippen LogP contribution in [0.4, 0.5) is 10.7 Å². The molecule has 0 spiro atoms. The number of hydrogen-bond donors (Lipinski definition) is 2. The molecule has 1 fully saturated rings. The third-order valence-electron chi connectivity index (χ3n) is 3.61. The van der Waals surface area contributed by atoms with Crippen molar-refractivity contribution >= 4 is 28.0 Å². The lowest BCUT2D eigenvalue weighted by Gasteiger charge is -2.32. The molecule has 3 N–H and O–H groups in total. The van der Waals surface area contributed by atoms with Crippen molar-refractivity contribution in [2.24, 2.45) is 5.92 Å². The number of ether oxygens (including phenoxy) is 2. The Morgan fingerprint density at radius 1 is 1.57 bits per heavy atom. The molecule has 0 radical (unpaired) electrons. The van der Waals surface area contributed by atoms with E-state index in [0.717, 1.165) is 30.9 Å². The van der Waals surface area contributed by atoms with Crippen molar-refractivity contribution < 1.29 is 19.4 Å². The molecule has 0 bridgehead atoms. The number of methoxy groups -OCH3 is 1. The number of carbonyl (C=O) groups is 1. The Bertz CT molecular complexity index is 503. The van der Waals surface area contributed by atoms with Crippen LogP contribution < -0.4 is 15.4 Å². The van der Waals surface area contributed by atoms with Crippen LogP contribution in [-0.2, 0) is 4.74 Å². The van der Waals surface area contributed by atoms with Gasteiger partial charge >= 0.3 is 5.97 Å². The molecule has 1 atom stereocenters. The zero-order chi connectivity index (χ0) is 15.4. The van der Waals surface area contributed by atoms with Crippen LogP contribution in [0.15, 0.2) is 0 Å². The predicted octanol–water partition coefficient (Wildman–Crippen LogP) is 1.72. The number of nitrogens with zero attached hydrogens (tertiary/aromatic N) is 1. The standard InChI is InChI=1S/C14H22N2O4S/c1-3-20-14(18)12-10(15)11(19-2)13(21-12)16-6-4-5-9(7-16)8-17/h9,17H,3-8,15H2,1-2H3. The van der Waals surface area contributed by atoms with Gasteiger partial charge in [-0.3, -0.25) is 0 Å². The second-order valence-electron chi connectivity index (χ2n) is 5.04. The maximum absolute atomic E-state index is 11.9. The van der Waals surface area contributed by atoms with Gasteiger partial charge in [-0.2, -0.15) is 0 Å². The largest absolute Gasteiger partial charge is 0.492 e. The van der Waals surface area contributed by atoms with Crippen LogP contribution >= 0.6 is 11.3 Å². The third-order valence-corrected chi connectivity index (χ3v) is 4.84. The summed E-state index contributed by atoms with van der Waals surface area (Å²) in [6.07, 6.45) is 2.02. The Labute approximate surface area is 128 Å². The summed E-state index contributed by atoms with van der Waals surface area (Å²) in [6, 6.07) is 0. The van der Waals surface area contributed by atoms with E-state index in [0.29, 0.717) is 22.9 Å². The number of carbonyl (C=O) groups excluding carboxylic acids is 1. The molecule has 0 aliphatic carbocycles. The van der Waals surface area contributed by atoms with Gasteiger partial charge in [0.05, 0.1) is 13.7 Å². The number of nitrogens with two attached hydrogens (primary N) is 1. The van der Waals surface area contributed by atoms with Gasteiger partial charge in [0.25, 0.3) is 0 Å². The highest BCUT2D eigenvalue weighted by molar-refractivity contribution is 7.19. The number of aliphatic hydroxyl groups is 1. The van der Waals surface area contributed by atoms with Crippen LogP contribution in [0, 0.1) is 5.92 Å². The van der Waals surface area contributed by atoms with Gasteiger partial charge in [-0.1, -0.05) is 0 Å². The van der Waals surface area contributed by atoms with Crippen LogP contribution in [0.25, 0.3) is 0 Å². The summed E-state index contributed by atoms with van der Waals surface area (Å²) in [4.78, 5) is 14.5. The van der Waals surface area contributed by atoms with E-state index in [4.69, 9.17) is 15.2 Å². The Balaban J connectivity index is 2.30. The average molecular weight is 314 g/mol. The first-order valence-electron chi connectivity index (χ1n) is 7.11. The maximum atomic E-state index is 11.9. The van der Waals surface area contributed by atoms with E-state index in [-0.39, 0.29) is 12.5 Å². The second-order valence-corrected chi connectivity index (χ2v) is 6.04. The van der Waals surface area contributed by atoms with E-state index in [2.05, 4.69) is 4.90 Å². The molecule has 0 amide bonds. The molecule has 1 aromatic rings. The minimum absolute atomic E-state index is 0.171. The molecule has 2 heterocycles. The molecular weight excluding hydrogens is 292 g/mol. The van der Waals surface area contributed by atoms with E-state index in [1.165, 1.54) is 11.3 Å². The molecule has 1 unspecified atom stereocenters. The second kappa shape index (κ2) is 7.00. The van der Waals surface area contributed by atoms with Crippen LogP contribution in [0.5, 0.6) is 5.75 Å². The molecule has 1 aliphatic heterocycles. The molecule has 7 heteroatoms. The highest BCUT2D eigenvalue weighted by Crippen LogP contribution is 2.46. The number of nitrogen functional groups attached to an aromatic ring is 1. The lowest BCUT2D eigenvalue weighted by atomic mass is 9.99. The first-order valence-corrected chi connectivity index (χ1v) is 7.93. The summed E-state index contributed by atoms with van der Waals surface area (Å²) >= 11 is 1.30. The maximum Gasteiger partial charge on any atom is 0.350 e. The fourth-order valence-corrected chi connectivity index (χ4v) is 3.69. The van der Waals surface area contributed by atoms with E-state index >= 15 is 0 Å². The van der Waals surface area contributed by atoms with E-state index in [1.807, 2.05) is 0 Å². The SMILES string of the molecule is CCOC(=O)c1sc(N2CCCC(CO)C2)c(OC)c1N. The number of rotatable bonds is 5. The topological polar surface area (TPSA) is 85.0 Å². The molecule has 6 nitrogen and oxygen atoms in total. The summed E-state index contributed by atoms with van der Waals surface area (Å²) in [7, 11) is 1.55. The monoisotopic (exact) mass is 314 g/mol. The Hall–Kier alpha value is -1.47. The number of aliphatic hydroxyl groups excluding tert-OH is 1. The summed E-state index contributed by atoms with van der Waals surface area (Å²) in [6.45, 7) is 3.86. The smallest absolute Gasteiger partial charge is 0.350 e. The van der Waals surface area contributed by atoms with Gasteiger partial charge in [0.1, 0.15) is 15.6 Å². The van der Waals surface area contributed by atoms with Crippen LogP contribution in [0.3, 0.4) is 0 Å². The minimum atomic E-state index is -0.416. The Morgan fingerprint density at radius 3 is 2.95 bits per heavy atom. The summed E-state index contributed by atoms with van der Waals surface area (Å²) in [5.41, 5.74) is 6.36. The summed E-state index contributed by atoms with van der Waals surface area (Å²) < 4.78 is 10.4. The molecule has 1 aromatic heterocycles. The molecule has 1 saturated heterocycles. The number of anilines is 2. The Kier molecular flexibility index (Phi) is 5.30. The van der Waals surface area contributed by atoms with Crippen LogP contribution in [0.1, 0.15) is 29.4 Å². The average Bonchev–Trinajstić information content (AvgIpc) is 2.84. The van der Waals surface area contributed by atoms with Gasteiger partial charge in [0, 0.05) is 19.7 Å². The number of thiophene rings is 1. The van der Waals surface area contributed by atoms with Crippen molar-refractivity contribution in [3.63, 3.8) is 0 Å². The minimum Gasteiger partial charge on any atom is -0.492 e. The van der Waals surface area contributed by atoms with Gasteiger partial charge in [-0.15, -0.1) is 11.3 Å². The van der Waals surface area contributed by atoms with Gasteiger partial charge in [0.2, 0.25) is 0 Å². The van der Waals surface area contributed by atoms with Crippen molar-refractivity contribution in [1.82, 2.24) is 0 Å². The van der Waals surface area contributed by atoms with Crippen LogP contribution in [0.2, 0.25) is 0 Å².